The summed E-state index contributed by atoms with van der Waals surface area (Å²) in [5.74, 6) is -3.13. The Morgan fingerprint density at radius 1 is 1.22 bits per heavy atom. The number of esters is 1. The number of carboxylic acid groups (broad SMARTS) is 1. The third-order valence-electron chi connectivity index (χ3n) is 2.15. The molecule has 6 nitrogen and oxygen atoms in total. The normalized spacial score (nSPS) is 11.6. The summed E-state index contributed by atoms with van der Waals surface area (Å²) in [5.41, 5.74) is 6.04. The summed E-state index contributed by atoms with van der Waals surface area (Å²) in [7, 11) is 0. The molecule has 0 aromatic heterocycles. The van der Waals surface area contributed by atoms with E-state index in [0.29, 0.717) is 0 Å². The van der Waals surface area contributed by atoms with Crippen molar-refractivity contribution < 1.29 is 24.2 Å². The predicted octanol–water partition coefficient (Wildman–Crippen LogP) is 0.101. The van der Waals surface area contributed by atoms with Crippen LogP contribution < -0.4 is 5.73 Å². The maximum absolute atomic E-state index is 11.4. The Kier molecular flexibility index (Phi) is 5.01. The lowest BCUT2D eigenvalue weighted by atomic mass is 10.1. The Hall–Kier alpha value is -2.21. The third-order valence-corrected chi connectivity index (χ3v) is 2.15. The Bertz CT molecular complexity index is 443. The number of rotatable bonds is 6. The van der Waals surface area contributed by atoms with E-state index in [9.17, 15) is 14.4 Å². The highest BCUT2D eigenvalue weighted by Gasteiger charge is 2.25. The van der Waals surface area contributed by atoms with Crippen molar-refractivity contribution in [1.82, 2.24) is 0 Å². The van der Waals surface area contributed by atoms with Crippen LogP contribution in [0.1, 0.15) is 12.0 Å². The molecule has 96 valence electrons. The van der Waals surface area contributed by atoms with Gasteiger partial charge in [-0.1, -0.05) is 30.3 Å². The van der Waals surface area contributed by atoms with Gasteiger partial charge in [-0.25, -0.2) is 4.79 Å². The van der Waals surface area contributed by atoms with Crippen molar-refractivity contribution >= 4 is 17.7 Å². The van der Waals surface area contributed by atoms with E-state index in [1.807, 2.05) is 6.07 Å². The van der Waals surface area contributed by atoms with Gasteiger partial charge in [0.25, 0.3) is 0 Å². The minimum absolute atomic E-state index is 0.00623. The molecule has 0 aliphatic heterocycles. The first-order chi connectivity index (χ1) is 8.50. The van der Waals surface area contributed by atoms with E-state index in [4.69, 9.17) is 15.6 Å². The van der Waals surface area contributed by atoms with Gasteiger partial charge in [0, 0.05) is 0 Å². The highest BCUT2D eigenvalue weighted by atomic mass is 16.5. The third kappa shape index (κ3) is 4.34. The Balaban J connectivity index is 2.45. The Labute approximate surface area is 103 Å². The maximum atomic E-state index is 11.4. The number of benzene rings is 1. The first-order valence-corrected chi connectivity index (χ1v) is 5.21. The second-order valence-corrected chi connectivity index (χ2v) is 3.61. The van der Waals surface area contributed by atoms with Crippen LogP contribution >= 0.6 is 0 Å². The molecule has 3 N–H and O–H groups in total. The second-order valence-electron chi connectivity index (χ2n) is 3.61. The van der Waals surface area contributed by atoms with E-state index in [1.165, 1.54) is 0 Å². The molecule has 1 aromatic rings. The molecule has 0 amide bonds. The SMILES string of the molecule is NC(C(=O)CC(=O)O)C(=O)OCc1ccccc1. The quantitative estimate of drug-likeness (QED) is 0.548. The number of Topliss-reactive ketones (excluding diaryl/α,β-unsaturated/α-hetero) is 1. The molecule has 0 bridgehead atoms. The van der Waals surface area contributed by atoms with Crippen LogP contribution in [0, 0.1) is 0 Å². The van der Waals surface area contributed by atoms with E-state index in [-0.39, 0.29) is 6.61 Å². The summed E-state index contributed by atoms with van der Waals surface area (Å²) in [4.78, 5) is 32.9. The molecule has 0 spiro atoms. The van der Waals surface area contributed by atoms with Crippen LogP contribution in [0.3, 0.4) is 0 Å². The fourth-order valence-electron chi connectivity index (χ4n) is 1.21. The summed E-state index contributed by atoms with van der Waals surface area (Å²) >= 11 is 0. The molecule has 0 heterocycles. The molecule has 1 rings (SSSR count). The molecule has 18 heavy (non-hydrogen) atoms. The van der Waals surface area contributed by atoms with Crippen molar-refractivity contribution in [3.63, 3.8) is 0 Å². The van der Waals surface area contributed by atoms with Crippen LogP contribution in [-0.4, -0.2) is 28.9 Å². The Morgan fingerprint density at radius 2 is 1.83 bits per heavy atom. The van der Waals surface area contributed by atoms with Crippen LogP contribution in [0.25, 0.3) is 0 Å². The minimum atomic E-state index is -1.55. The summed E-state index contributed by atoms with van der Waals surface area (Å²) < 4.78 is 4.81. The highest BCUT2D eigenvalue weighted by Crippen LogP contribution is 2.02. The fraction of sp³-hybridized carbons (Fsp3) is 0.250. The molecule has 0 saturated carbocycles. The number of carbonyl (C=O) groups is 3. The standard InChI is InChI=1S/C12H13NO5/c13-11(9(14)6-10(15)16)12(17)18-7-8-4-2-1-3-5-8/h1-5,11H,6-7,13H2,(H,15,16). The van der Waals surface area contributed by atoms with Gasteiger partial charge in [0.2, 0.25) is 0 Å². The molecule has 0 aliphatic rings. The monoisotopic (exact) mass is 251 g/mol. The molecule has 1 atom stereocenters. The van der Waals surface area contributed by atoms with Gasteiger partial charge in [-0.2, -0.15) is 0 Å². The smallest absolute Gasteiger partial charge is 0.331 e. The zero-order valence-corrected chi connectivity index (χ0v) is 9.54. The zero-order chi connectivity index (χ0) is 13.5. The van der Waals surface area contributed by atoms with E-state index in [2.05, 4.69) is 0 Å². The van der Waals surface area contributed by atoms with Crippen molar-refractivity contribution in [2.75, 3.05) is 0 Å². The summed E-state index contributed by atoms with van der Waals surface area (Å²) in [6.07, 6.45) is -0.790. The molecule has 0 fully saturated rings. The van der Waals surface area contributed by atoms with E-state index < -0.39 is 30.2 Å². The van der Waals surface area contributed by atoms with Crippen LogP contribution in [0.4, 0.5) is 0 Å². The number of aliphatic carboxylic acids is 1. The van der Waals surface area contributed by atoms with Crippen molar-refractivity contribution in [2.45, 2.75) is 19.1 Å². The van der Waals surface area contributed by atoms with Crippen molar-refractivity contribution in [3.05, 3.63) is 35.9 Å². The van der Waals surface area contributed by atoms with Crippen LogP contribution in [-0.2, 0) is 25.7 Å². The lowest BCUT2D eigenvalue weighted by Gasteiger charge is -2.09. The molecule has 0 aliphatic carbocycles. The van der Waals surface area contributed by atoms with E-state index in [1.54, 1.807) is 24.3 Å². The molecule has 6 heteroatoms. The zero-order valence-electron chi connectivity index (χ0n) is 9.54. The Morgan fingerprint density at radius 3 is 2.39 bits per heavy atom. The second kappa shape index (κ2) is 6.51. The molecule has 0 radical (unpaired) electrons. The van der Waals surface area contributed by atoms with Crippen molar-refractivity contribution in [3.8, 4) is 0 Å². The van der Waals surface area contributed by atoms with Gasteiger partial charge < -0.3 is 15.6 Å². The largest absolute Gasteiger partial charge is 0.481 e. The number of ketones is 1. The van der Waals surface area contributed by atoms with Gasteiger partial charge >= 0.3 is 11.9 Å². The minimum Gasteiger partial charge on any atom is -0.481 e. The van der Waals surface area contributed by atoms with Gasteiger partial charge in [0.15, 0.2) is 11.8 Å². The van der Waals surface area contributed by atoms with Crippen molar-refractivity contribution in [2.24, 2.45) is 5.73 Å². The maximum Gasteiger partial charge on any atom is 0.331 e. The molecule has 1 aromatic carbocycles. The molecule has 0 saturated heterocycles. The molecule has 1 unspecified atom stereocenters. The van der Waals surface area contributed by atoms with Gasteiger partial charge in [0.05, 0.1) is 0 Å². The fourth-order valence-corrected chi connectivity index (χ4v) is 1.21. The number of hydrogen-bond donors (Lipinski definition) is 2. The molecular weight excluding hydrogens is 238 g/mol. The highest BCUT2D eigenvalue weighted by molar-refractivity contribution is 6.08. The number of ether oxygens (including phenoxy) is 1. The van der Waals surface area contributed by atoms with Gasteiger partial charge in [-0.15, -0.1) is 0 Å². The lowest BCUT2D eigenvalue weighted by Crippen LogP contribution is -2.40. The number of carboxylic acids is 1. The molecular formula is C12H13NO5. The van der Waals surface area contributed by atoms with Crippen LogP contribution in [0.2, 0.25) is 0 Å². The van der Waals surface area contributed by atoms with E-state index in [0.717, 1.165) is 5.56 Å². The number of nitrogens with two attached hydrogens (primary N) is 1. The first kappa shape index (κ1) is 13.9. The van der Waals surface area contributed by atoms with Gasteiger partial charge in [0.1, 0.15) is 13.0 Å². The first-order valence-electron chi connectivity index (χ1n) is 5.21. The summed E-state index contributed by atoms with van der Waals surface area (Å²) in [5, 5.41) is 8.39. The van der Waals surface area contributed by atoms with Crippen LogP contribution in [0.5, 0.6) is 0 Å². The average Bonchev–Trinajstić information content (AvgIpc) is 2.35. The average molecular weight is 251 g/mol. The number of hydrogen-bond acceptors (Lipinski definition) is 5. The van der Waals surface area contributed by atoms with Crippen molar-refractivity contribution in [1.29, 1.82) is 0 Å². The topological polar surface area (TPSA) is 107 Å². The number of carbonyl (C=O) groups excluding carboxylic acids is 2. The van der Waals surface area contributed by atoms with Gasteiger partial charge in [-0.05, 0) is 5.56 Å². The summed E-state index contributed by atoms with van der Waals surface area (Å²) in [6, 6.07) is 7.31. The lowest BCUT2D eigenvalue weighted by molar-refractivity contribution is -0.150. The summed E-state index contributed by atoms with van der Waals surface area (Å²) in [6.45, 7) is -0.00623. The van der Waals surface area contributed by atoms with E-state index >= 15 is 0 Å². The van der Waals surface area contributed by atoms with Crippen LogP contribution in [0.15, 0.2) is 30.3 Å². The predicted molar refractivity (Wildman–Crippen MR) is 61.5 cm³/mol. The van der Waals surface area contributed by atoms with Gasteiger partial charge in [-0.3, -0.25) is 9.59 Å².